The lowest BCUT2D eigenvalue weighted by Crippen LogP contribution is -2.53. The Labute approximate surface area is 120 Å². The van der Waals surface area contributed by atoms with Gasteiger partial charge in [0.2, 0.25) is 5.91 Å². The molecule has 1 amide bonds. The molecule has 1 unspecified atom stereocenters. The normalized spacial score (nSPS) is 21.1. The average molecular weight is 285 g/mol. The number of oxime groups is 1. The van der Waals surface area contributed by atoms with Gasteiger partial charge in [0.25, 0.3) is 0 Å². The van der Waals surface area contributed by atoms with E-state index in [1.165, 1.54) is 0 Å². The third-order valence-electron chi connectivity index (χ3n) is 4.35. The molecule has 1 saturated carbocycles. The van der Waals surface area contributed by atoms with Crippen molar-refractivity contribution in [2.45, 2.75) is 51.5 Å². The van der Waals surface area contributed by atoms with E-state index in [9.17, 15) is 4.79 Å². The molecule has 6 nitrogen and oxygen atoms in total. The highest BCUT2D eigenvalue weighted by Gasteiger charge is 2.45. The van der Waals surface area contributed by atoms with E-state index >= 15 is 0 Å². The number of hydrogen-bond donors (Lipinski definition) is 2. The summed E-state index contributed by atoms with van der Waals surface area (Å²) >= 11 is 0. The van der Waals surface area contributed by atoms with Gasteiger partial charge in [-0.2, -0.15) is 0 Å². The van der Waals surface area contributed by atoms with Crippen molar-refractivity contribution < 1.29 is 14.7 Å². The van der Waals surface area contributed by atoms with E-state index in [0.29, 0.717) is 19.4 Å². The molecule has 20 heavy (non-hydrogen) atoms. The van der Waals surface area contributed by atoms with Gasteiger partial charge in [0.1, 0.15) is 5.41 Å². The number of carbonyl (C=O) groups excluding carboxylic acids is 1. The van der Waals surface area contributed by atoms with E-state index in [2.05, 4.69) is 5.16 Å². The van der Waals surface area contributed by atoms with Gasteiger partial charge >= 0.3 is 0 Å². The number of rotatable bonds is 5. The number of amides is 1. The minimum atomic E-state index is -0.859. The molecule has 0 aromatic rings. The molecule has 116 valence electrons. The van der Waals surface area contributed by atoms with Gasteiger partial charge in [-0.15, -0.1) is 0 Å². The largest absolute Gasteiger partial charge is 0.409 e. The van der Waals surface area contributed by atoms with Crippen LogP contribution in [-0.2, 0) is 9.53 Å². The second-order valence-electron chi connectivity index (χ2n) is 5.70. The molecule has 3 N–H and O–H groups in total. The Kier molecular flexibility index (Phi) is 6.26. The standard InChI is InChI=1S/C14H27N3O3/c1-11(10-20-3)17(2)13(18)14(12(15)16-19)8-6-4-5-7-9-14/h11,19H,4-10H2,1-3H3,(H2,15,16). The fourth-order valence-corrected chi connectivity index (χ4v) is 2.90. The molecule has 1 atom stereocenters. The summed E-state index contributed by atoms with van der Waals surface area (Å²) < 4.78 is 5.10. The van der Waals surface area contributed by atoms with E-state index in [1.807, 2.05) is 6.92 Å². The summed E-state index contributed by atoms with van der Waals surface area (Å²) in [6.45, 7) is 2.40. The highest BCUT2D eigenvalue weighted by Crippen LogP contribution is 2.37. The van der Waals surface area contributed by atoms with Crippen molar-refractivity contribution in [3.8, 4) is 0 Å². The molecule has 0 aliphatic heterocycles. The summed E-state index contributed by atoms with van der Waals surface area (Å²) in [5.41, 5.74) is 5.03. The maximum atomic E-state index is 12.9. The van der Waals surface area contributed by atoms with Gasteiger partial charge in [0.05, 0.1) is 12.6 Å². The Bertz CT molecular complexity index is 350. The van der Waals surface area contributed by atoms with Crippen LogP contribution in [0.3, 0.4) is 0 Å². The Hall–Kier alpha value is -1.30. The van der Waals surface area contributed by atoms with Crippen LogP contribution in [0.15, 0.2) is 5.16 Å². The van der Waals surface area contributed by atoms with Gasteiger partial charge in [-0.05, 0) is 19.8 Å². The summed E-state index contributed by atoms with van der Waals surface area (Å²) in [7, 11) is 3.36. The number of nitrogens with zero attached hydrogens (tertiary/aromatic N) is 2. The molecular weight excluding hydrogens is 258 g/mol. The van der Waals surface area contributed by atoms with Gasteiger partial charge in [-0.25, -0.2) is 0 Å². The average Bonchev–Trinajstić information content (AvgIpc) is 2.71. The Balaban J connectivity index is 3.01. The number of carbonyl (C=O) groups is 1. The van der Waals surface area contributed by atoms with E-state index < -0.39 is 5.41 Å². The van der Waals surface area contributed by atoms with Gasteiger partial charge in [-0.1, -0.05) is 30.8 Å². The molecule has 1 fully saturated rings. The third kappa shape index (κ3) is 3.42. The number of nitrogens with two attached hydrogens (primary N) is 1. The summed E-state index contributed by atoms with van der Waals surface area (Å²) in [6.07, 6.45) is 5.32. The molecule has 0 aromatic heterocycles. The molecule has 0 saturated heterocycles. The van der Waals surface area contributed by atoms with Crippen LogP contribution in [0.1, 0.15) is 45.4 Å². The predicted octanol–water partition coefficient (Wildman–Crippen LogP) is 1.57. The van der Waals surface area contributed by atoms with E-state index in [-0.39, 0.29) is 17.8 Å². The molecule has 1 aliphatic rings. The van der Waals surface area contributed by atoms with Crippen LogP contribution in [0.5, 0.6) is 0 Å². The molecule has 6 heteroatoms. The minimum absolute atomic E-state index is 0.0425. The van der Waals surface area contributed by atoms with Crippen LogP contribution in [0.4, 0.5) is 0 Å². The monoisotopic (exact) mass is 285 g/mol. The topological polar surface area (TPSA) is 88.2 Å². The van der Waals surface area contributed by atoms with Crippen LogP contribution in [-0.4, -0.2) is 48.7 Å². The van der Waals surface area contributed by atoms with Crippen molar-refractivity contribution in [2.24, 2.45) is 16.3 Å². The minimum Gasteiger partial charge on any atom is -0.409 e. The zero-order chi connectivity index (χ0) is 15.2. The lowest BCUT2D eigenvalue weighted by Gasteiger charge is -2.36. The molecule has 0 bridgehead atoms. The van der Waals surface area contributed by atoms with E-state index in [1.54, 1.807) is 19.1 Å². The Morgan fingerprint density at radius 1 is 1.40 bits per heavy atom. The number of likely N-dealkylation sites (N-methyl/N-ethyl adjacent to an activating group) is 1. The van der Waals surface area contributed by atoms with Crippen LogP contribution >= 0.6 is 0 Å². The number of ether oxygens (including phenoxy) is 1. The first kappa shape index (κ1) is 16.8. The lowest BCUT2D eigenvalue weighted by atomic mass is 9.77. The SMILES string of the molecule is COCC(C)N(C)C(=O)C1(C(N)=NO)CCCCCC1. The third-order valence-corrected chi connectivity index (χ3v) is 4.35. The first-order valence-electron chi connectivity index (χ1n) is 7.24. The number of hydrogen-bond acceptors (Lipinski definition) is 4. The fourth-order valence-electron chi connectivity index (χ4n) is 2.90. The second kappa shape index (κ2) is 7.47. The van der Waals surface area contributed by atoms with E-state index in [0.717, 1.165) is 25.7 Å². The van der Waals surface area contributed by atoms with Gasteiger partial charge in [-0.3, -0.25) is 4.79 Å². The number of amidine groups is 1. The van der Waals surface area contributed by atoms with Crippen LogP contribution in [0.2, 0.25) is 0 Å². The maximum Gasteiger partial charge on any atom is 0.236 e. The number of methoxy groups -OCH3 is 1. The highest BCUT2D eigenvalue weighted by molar-refractivity contribution is 6.06. The molecule has 0 heterocycles. The van der Waals surface area contributed by atoms with Crippen molar-refractivity contribution in [2.75, 3.05) is 20.8 Å². The summed E-state index contributed by atoms with van der Waals surface area (Å²) in [6, 6.07) is -0.0425. The van der Waals surface area contributed by atoms with Gasteiger partial charge in [0, 0.05) is 14.2 Å². The van der Waals surface area contributed by atoms with Crippen molar-refractivity contribution >= 4 is 11.7 Å². The van der Waals surface area contributed by atoms with Gasteiger partial charge in [0.15, 0.2) is 5.84 Å². The Morgan fingerprint density at radius 2 is 1.95 bits per heavy atom. The van der Waals surface area contributed by atoms with Gasteiger partial charge < -0.3 is 20.6 Å². The fraction of sp³-hybridized carbons (Fsp3) is 0.857. The van der Waals surface area contributed by atoms with Crippen molar-refractivity contribution in [1.82, 2.24) is 4.90 Å². The second-order valence-corrected chi connectivity index (χ2v) is 5.70. The van der Waals surface area contributed by atoms with Crippen molar-refractivity contribution in [3.63, 3.8) is 0 Å². The summed E-state index contributed by atoms with van der Waals surface area (Å²) in [4.78, 5) is 14.5. The Morgan fingerprint density at radius 3 is 2.40 bits per heavy atom. The lowest BCUT2D eigenvalue weighted by molar-refractivity contribution is -0.140. The maximum absolute atomic E-state index is 12.9. The predicted molar refractivity (Wildman–Crippen MR) is 77.7 cm³/mol. The van der Waals surface area contributed by atoms with Crippen molar-refractivity contribution in [3.05, 3.63) is 0 Å². The first-order valence-corrected chi connectivity index (χ1v) is 7.24. The summed E-state index contributed by atoms with van der Waals surface area (Å²) in [5, 5.41) is 12.2. The molecule has 0 radical (unpaired) electrons. The molecule has 0 spiro atoms. The van der Waals surface area contributed by atoms with Crippen LogP contribution in [0, 0.1) is 5.41 Å². The zero-order valence-electron chi connectivity index (χ0n) is 12.8. The highest BCUT2D eigenvalue weighted by atomic mass is 16.5. The smallest absolute Gasteiger partial charge is 0.236 e. The molecule has 0 aromatic carbocycles. The van der Waals surface area contributed by atoms with Crippen LogP contribution < -0.4 is 5.73 Å². The zero-order valence-corrected chi connectivity index (χ0v) is 12.8. The first-order chi connectivity index (χ1) is 9.49. The van der Waals surface area contributed by atoms with Crippen molar-refractivity contribution in [1.29, 1.82) is 0 Å². The van der Waals surface area contributed by atoms with E-state index in [4.69, 9.17) is 15.7 Å². The molecule has 1 aliphatic carbocycles. The summed E-state index contributed by atoms with van der Waals surface area (Å²) in [5.74, 6) is -0.0277. The molecular formula is C14H27N3O3. The molecule has 1 rings (SSSR count). The quantitative estimate of drug-likeness (QED) is 0.264. The van der Waals surface area contributed by atoms with Crippen LogP contribution in [0.25, 0.3) is 0 Å².